The quantitative estimate of drug-likeness (QED) is 0.420. The number of hydrogen-bond acceptors (Lipinski definition) is 0. The van der Waals surface area contributed by atoms with E-state index in [0.717, 1.165) is 0 Å². The predicted octanol–water partition coefficient (Wildman–Crippen LogP) is 2.49. The number of halogens is 3. The number of rotatable bonds is 0. The van der Waals surface area contributed by atoms with Crippen molar-refractivity contribution in [2.75, 3.05) is 0 Å². The van der Waals surface area contributed by atoms with E-state index in [-0.39, 0.29) is 0 Å². The van der Waals surface area contributed by atoms with E-state index in [0.29, 0.717) is 0 Å². The van der Waals surface area contributed by atoms with Crippen molar-refractivity contribution in [3.05, 3.63) is 13.2 Å². The SMILES string of the molecule is C=C.[Cl][Ga]([Cl])[Cl]. The van der Waals surface area contributed by atoms with Crippen LogP contribution in [0.2, 0.25) is 0 Å². The minimum absolute atomic E-state index is 2.06. The summed E-state index contributed by atoms with van der Waals surface area (Å²) in [4.78, 5) is 0. The van der Waals surface area contributed by atoms with Gasteiger partial charge in [-0.15, -0.1) is 13.2 Å². The first-order valence-corrected chi connectivity index (χ1v) is 10.7. The van der Waals surface area contributed by atoms with Gasteiger partial charge in [0.05, 0.1) is 0 Å². The topological polar surface area (TPSA) is 0 Å². The Labute approximate surface area is 55.2 Å². The van der Waals surface area contributed by atoms with Crippen LogP contribution in [0.4, 0.5) is 0 Å². The van der Waals surface area contributed by atoms with Crippen molar-refractivity contribution in [3.8, 4) is 0 Å². The van der Waals surface area contributed by atoms with Crippen LogP contribution in [-0.2, 0) is 0 Å². The Hall–Kier alpha value is 1.25. The monoisotopic (exact) mass is 202 g/mol. The molecule has 0 spiro atoms. The molecule has 0 heterocycles. The summed E-state index contributed by atoms with van der Waals surface area (Å²) in [5.41, 5.74) is 0. The zero-order valence-electron chi connectivity index (χ0n) is 3.13. The Balaban J connectivity index is 0. The summed E-state index contributed by atoms with van der Waals surface area (Å²) in [6.07, 6.45) is 0. The molecule has 6 heavy (non-hydrogen) atoms. The molecule has 0 aromatic carbocycles. The van der Waals surface area contributed by atoms with E-state index in [9.17, 15) is 0 Å². The molecule has 0 radical (unpaired) electrons. The molecule has 0 nitrogen and oxygen atoms in total. The van der Waals surface area contributed by atoms with Crippen molar-refractivity contribution in [1.82, 2.24) is 0 Å². The van der Waals surface area contributed by atoms with Crippen LogP contribution in [0.5, 0.6) is 0 Å². The maximum absolute atomic E-state index is 4.99. The second kappa shape index (κ2) is 9.53. The summed E-state index contributed by atoms with van der Waals surface area (Å²) in [5, 5.41) is 0. The molecule has 0 saturated carbocycles. The third-order valence-electron chi connectivity index (χ3n) is 0. The second-order valence-corrected chi connectivity index (χ2v) is 11.6. The van der Waals surface area contributed by atoms with Crippen LogP contribution in [0, 0.1) is 0 Å². The first kappa shape index (κ1) is 10.3. The van der Waals surface area contributed by atoms with Gasteiger partial charge >= 0.3 is 42.1 Å². The standard InChI is InChI=1S/C2H4.3ClH.Ga/c1-2;;;;/h1-2H2;3*1H;/q;;;;+3/p-3. The average molecular weight is 204 g/mol. The van der Waals surface area contributed by atoms with E-state index in [1.165, 1.54) is 0 Å². The van der Waals surface area contributed by atoms with Crippen molar-refractivity contribution in [1.29, 1.82) is 0 Å². The van der Waals surface area contributed by atoms with Gasteiger partial charge in [-0.2, -0.15) is 0 Å². The zero-order chi connectivity index (χ0) is 5.58. The normalized spacial score (nSPS) is 5.17. The van der Waals surface area contributed by atoms with Gasteiger partial charge in [-0.3, -0.25) is 0 Å². The number of hydrogen-bond donors (Lipinski definition) is 0. The van der Waals surface area contributed by atoms with Crippen LogP contribution in [0.25, 0.3) is 0 Å². The zero-order valence-corrected chi connectivity index (χ0v) is 7.82. The van der Waals surface area contributed by atoms with Crippen molar-refractivity contribution in [3.63, 3.8) is 0 Å². The van der Waals surface area contributed by atoms with E-state index in [1.807, 2.05) is 0 Å². The van der Waals surface area contributed by atoms with E-state index in [1.54, 1.807) is 0 Å². The second-order valence-electron chi connectivity index (χ2n) is 0.247. The van der Waals surface area contributed by atoms with Crippen molar-refractivity contribution >= 4 is 42.1 Å². The third kappa shape index (κ3) is 60.9. The van der Waals surface area contributed by atoms with Gasteiger partial charge < -0.3 is 0 Å². The fourth-order valence-electron chi connectivity index (χ4n) is 0. The Morgan fingerprint density at radius 2 is 1.00 bits per heavy atom. The first-order chi connectivity index (χ1) is 2.73. The van der Waals surface area contributed by atoms with Gasteiger partial charge in [0.2, 0.25) is 0 Å². The van der Waals surface area contributed by atoms with Crippen molar-refractivity contribution < 1.29 is 0 Å². The van der Waals surface area contributed by atoms with Crippen LogP contribution < -0.4 is 0 Å². The molecule has 0 aromatic heterocycles. The van der Waals surface area contributed by atoms with Crippen LogP contribution in [0.1, 0.15) is 0 Å². The minimum atomic E-state index is -2.06. The van der Waals surface area contributed by atoms with E-state index < -0.39 is 13.2 Å². The van der Waals surface area contributed by atoms with Gasteiger partial charge in [0.1, 0.15) is 0 Å². The van der Waals surface area contributed by atoms with Crippen LogP contribution in [0.3, 0.4) is 0 Å². The molecule has 0 atom stereocenters. The van der Waals surface area contributed by atoms with Gasteiger partial charge in [0, 0.05) is 0 Å². The third-order valence-corrected chi connectivity index (χ3v) is 0. The molecule has 0 amide bonds. The molecule has 36 valence electrons. The molecular weight excluding hydrogens is 200 g/mol. The molecule has 0 fully saturated rings. The maximum atomic E-state index is 4.99. The first-order valence-electron chi connectivity index (χ1n) is 1.15. The Morgan fingerprint density at radius 1 is 1.00 bits per heavy atom. The summed E-state index contributed by atoms with van der Waals surface area (Å²) in [5.74, 6) is 0. The van der Waals surface area contributed by atoms with Crippen molar-refractivity contribution in [2.24, 2.45) is 0 Å². The fourth-order valence-corrected chi connectivity index (χ4v) is 0. The molecule has 0 N–H and O–H groups in total. The van der Waals surface area contributed by atoms with Crippen LogP contribution >= 0.6 is 28.9 Å². The van der Waals surface area contributed by atoms with Gasteiger partial charge in [0.25, 0.3) is 0 Å². The summed E-state index contributed by atoms with van der Waals surface area (Å²) in [6.45, 7) is 6.00. The summed E-state index contributed by atoms with van der Waals surface area (Å²) >= 11 is -2.06. The Morgan fingerprint density at radius 3 is 1.00 bits per heavy atom. The summed E-state index contributed by atoms with van der Waals surface area (Å²) in [6, 6.07) is 0. The van der Waals surface area contributed by atoms with E-state index in [2.05, 4.69) is 13.2 Å². The van der Waals surface area contributed by atoms with E-state index >= 15 is 0 Å². The van der Waals surface area contributed by atoms with Gasteiger partial charge in [-0.25, -0.2) is 0 Å². The summed E-state index contributed by atoms with van der Waals surface area (Å²) < 4.78 is 0. The van der Waals surface area contributed by atoms with Crippen LogP contribution in [0.15, 0.2) is 13.2 Å². The molecule has 0 aromatic rings. The van der Waals surface area contributed by atoms with Gasteiger partial charge in [0.15, 0.2) is 0 Å². The molecule has 0 aliphatic heterocycles. The Kier molecular flexibility index (Phi) is 16.3. The molecule has 4 heteroatoms. The average Bonchev–Trinajstić information content (AvgIpc) is 1.41. The van der Waals surface area contributed by atoms with Gasteiger partial charge in [-0.1, -0.05) is 0 Å². The Bertz CT molecular complexity index is 20.0. The molecular formula is C2H4Cl3Ga. The molecule has 0 aliphatic carbocycles. The fraction of sp³-hybridized carbons (Fsp3) is 0. The van der Waals surface area contributed by atoms with Crippen molar-refractivity contribution in [2.45, 2.75) is 0 Å². The molecule has 0 rings (SSSR count). The summed E-state index contributed by atoms with van der Waals surface area (Å²) in [7, 11) is 15.0. The molecule has 0 aliphatic rings. The molecule has 0 unspecified atom stereocenters. The van der Waals surface area contributed by atoms with Crippen LogP contribution in [-0.4, -0.2) is 13.2 Å². The molecule has 0 saturated heterocycles. The molecule has 0 bridgehead atoms. The van der Waals surface area contributed by atoms with E-state index in [4.69, 9.17) is 28.9 Å². The predicted molar refractivity (Wildman–Crippen MR) is 34.6 cm³/mol. The van der Waals surface area contributed by atoms with Gasteiger partial charge in [-0.05, 0) is 0 Å².